The van der Waals surface area contributed by atoms with Crippen LogP contribution in [0.25, 0.3) is 0 Å². The summed E-state index contributed by atoms with van der Waals surface area (Å²) < 4.78 is 5.67. The van der Waals surface area contributed by atoms with Gasteiger partial charge in [-0.2, -0.15) is 0 Å². The van der Waals surface area contributed by atoms with E-state index in [9.17, 15) is 5.11 Å². The Morgan fingerprint density at radius 1 is 1.15 bits per heavy atom. The highest BCUT2D eigenvalue weighted by Gasteiger charge is 2.23. The predicted molar refractivity (Wildman–Crippen MR) is 84.0 cm³/mol. The Morgan fingerprint density at radius 3 is 2.45 bits per heavy atom. The first-order chi connectivity index (χ1) is 9.76. The number of rotatable bonds is 11. The van der Waals surface area contributed by atoms with Crippen molar-refractivity contribution in [3.8, 4) is 0 Å². The van der Waals surface area contributed by atoms with Crippen LogP contribution in [0.1, 0.15) is 38.2 Å². The number of ether oxygens (including phenoxy) is 1. The molecule has 0 radical (unpaired) electrons. The summed E-state index contributed by atoms with van der Waals surface area (Å²) in [5.41, 5.74) is 1.24. The van der Waals surface area contributed by atoms with Crippen LogP contribution in [-0.4, -0.2) is 37.5 Å². The zero-order valence-electron chi connectivity index (χ0n) is 12.9. The Morgan fingerprint density at radius 2 is 1.85 bits per heavy atom. The minimum atomic E-state index is -0.132. The van der Waals surface area contributed by atoms with Crippen molar-refractivity contribution in [2.75, 3.05) is 26.9 Å². The van der Waals surface area contributed by atoms with E-state index >= 15 is 0 Å². The van der Waals surface area contributed by atoms with Gasteiger partial charge in [-0.05, 0) is 44.7 Å². The Hall–Kier alpha value is -0.900. The summed E-state index contributed by atoms with van der Waals surface area (Å²) in [6, 6.07) is 10.5. The second-order valence-electron chi connectivity index (χ2n) is 5.35. The summed E-state index contributed by atoms with van der Waals surface area (Å²) in [6.45, 7) is 3.88. The van der Waals surface area contributed by atoms with Crippen LogP contribution in [0.3, 0.4) is 0 Å². The Labute approximate surface area is 123 Å². The van der Waals surface area contributed by atoms with Gasteiger partial charge in [-0.25, -0.2) is 0 Å². The van der Waals surface area contributed by atoms with E-state index in [0.29, 0.717) is 0 Å². The van der Waals surface area contributed by atoms with Crippen LogP contribution >= 0.6 is 0 Å². The Balaban J connectivity index is 2.05. The lowest BCUT2D eigenvalue weighted by molar-refractivity contribution is 0.104. The summed E-state index contributed by atoms with van der Waals surface area (Å²) in [6.07, 6.45) is 5.02. The van der Waals surface area contributed by atoms with Gasteiger partial charge in [0, 0.05) is 18.8 Å². The second-order valence-corrected chi connectivity index (χ2v) is 5.35. The van der Waals surface area contributed by atoms with Crippen molar-refractivity contribution >= 4 is 0 Å². The molecule has 0 aliphatic heterocycles. The molecule has 1 rings (SSSR count). The molecule has 3 heteroatoms. The van der Waals surface area contributed by atoms with Crippen molar-refractivity contribution < 1.29 is 9.84 Å². The maximum absolute atomic E-state index is 9.44. The highest BCUT2D eigenvalue weighted by Crippen LogP contribution is 2.16. The smallest absolute Gasteiger partial charge is 0.0613 e. The van der Waals surface area contributed by atoms with Crippen molar-refractivity contribution in [2.24, 2.45) is 0 Å². The van der Waals surface area contributed by atoms with Gasteiger partial charge in [-0.1, -0.05) is 37.3 Å². The van der Waals surface area contributed by atoms with Gasteiger partial charge in [0.2, 0.25) is 0 Å². The number of benzene rings is 1. The van der Waals surface area contributed by atoms with E-state index in [1.165, 1.54) is 5.56 Å². The van der Waals surface area contributed by atoms with Crippen LogP contribution in [0.15, 0.2) is 30.3 Å². The fraction of sp³-hybridized carbons (Fsp3) is 0.647. The fourth-order valence-electron chi connectivity index (χ4n) is 2.39. The van der Waals surface area contributed by atoms with Gasteiger partial charge < -0.3 is 15.2 Å². The molecule has 0 heterocycles. The molecule has 1 aromatic carbocycles. The van der Waals surface area contributed by atoms with E-state index in [1.807, 2.05) is 13.1 Å². The predicted octanol–water partition coefficient (Wildman–Crippen LogP) is 2.78. The van der Waals surface area contributed by atoms with Crippen molar-refractivity contribution in [2.45, 2.75) is 44.6 Å². The van der Waals surface area contributed by atoms with Crippen LogP contribution in [0.2, 0.25) is 0 Å². The molecule has 0 spiro atoms. The van der Waals surface area contributed by atoms with E-state index in [4.69, 9.17) is 4.74 Å². The summed E-state index contributed by atoms with van der Waals surface area (Å²) in [4.78, 5) is 0. The number of nitrogens with one attached hydrogen (secondary N) is 1. The SMILES string of the molecule is CCC(CO)(CCCOCCCc1ccccc1)NC. The van der Waals surface area contributed by atoms with E-state index in [2.05, 4.69) is 36.5 Å². The molecule has 1 atom stereocenters. The molecule has 0 saturated carbocycles. The third-order valence-electron chi connectivity index (χ3n) is 4.05. The largest absolute Gasteiger partial charge is 0.394 e. The second kappa shape index (κ2) is 9.92. The summed E-state index contributed by atoms with van der Waals surface area (Å²) in [7, 11) is 1.92. The van der Waals surface area contributed by atoms with Crippen LogP contribution in [0.4, 0.5) is 0 Å². The number of aliphatic hydroxyl groups excluding tert-OH is 1. The maximum atomic E-state index is 9.44. The molecule has 20 heavy (non-hydrogen) atoms. The zero-order chi connectivity index (χ0) is 14.7. The molecule has 0 bridgehead atoms. The Bertz CT molecular complexity index is 328. The minimum absolute atomic E-state index is 0.132. The average molecular weight is 279 g/mol. The van der Waals surface area contributed by atoms with Crippen LogP contribution in [0, 0.1) is 0 Å². The zero-order valence-corrected chi connectivity index (χ0v) is 12.9. The monoisotopic (exact) mass is 279 g/mol. The highest BCUT2D eigenvalue weighted by atomic mass is 16.5. The van der Waals surface area contributed by atoms with Crippen molar-refractivity contribution in [1.82, 2.24) is 5.32 Å². The van der Waals surface area contributed by atoms with E-state index < -0.39 is 0 Å². The van der Waals surface area contributed by atoms with Crippen LogP contribution in [0.5, 0.6) is 0 Å². The molecule has 0 aliphatic carbocycles. The third-order valence-corrected chi connectivity index (χ3v) is 4.05. The van der Waals surface area contributed by atoms with Crippen LogP contribution < -0.4 is 5.32 Å². The topological polar surface area (TPSA) is 41.5 Å². The van der Waals surface area contributed by atoms with E-state index in [0.717, 1.165) is 45.3 Å². The lowest BCUT2D eigenvalue weighted by Crippen LogP contribution is -2.46. The van der Waals surface area contributed by atoms with Gasteiger partial charge in [0.25, 0.3) is 0 Å². The van der Waals surface area contributed by atoms with Gasteiger partial charge in [-0.15, -0.1) is 0 Å². The van der Waals surface area contributed by atoms with Gasteiger partial charge in [0.05, 0.1) is 6.61 Å². The first-order valence-electron chi connectivity index (χ1n) is 7.68. The van der Waals surface area contributed by atoms with E-state index in [-0.39, 0.29) is 12.1 Å². The normalized spacial score (nSPS) is 14.2. The maximum Gasteiger partial charge on any atom is 0.0613 e. The molecule has 1 unspecified atom stereocenters. The van der Waals surface area contributed by atoms with Gasteiger partial charge >= 0.3 is 0 Å². The molecule has 1 aromatic rings. The standard InChI is InChI=1S/C17H29NO2/c1-3-17(15-19,18-2)12-8-14-20-13-7-11-16-9-5-4-6-10-16/h4-6,9-10,18-19H,3,7-8,11-15H2,1-2H3. The summed E-state index contributed by atoms with van der Waals surface area (Å²) in [5, 5.41) is 12.7. The molecular weight excluding hydrogens is 250 g/mol. The molecule has 2 N–H and O–H groups in total. The van der Waals surface area contributed by atoms with Gasteiger partial charge in [0.15, 0.2) is 0 Å². The highest BCUT2D eigenvalue weighted by molar-refractivity contribution is 5.14. The first-order valence-corrected chi connectivity index (χ1v) is 7.68. The molecule has 0 saturated heterocycles. The molecule has 0 aliphatic rings. The van der Waals surface area contributed by atoms with Gasteiger partial charge in [0.1, 0.15) is 0 Å². The van der Waals surface area contributed by atoms with E-state index in [1.54, 1.807) is 0 Å². The van der Waals surface area contributed by atoms with Crippen molar-refractivity contribution in [3.63, 3.8) is 0 Å². The molecule has 0 fully saturated rings. The minimum Gasteiger partial charge on any atom is -0.394 e. The molecule has 114 valence electrons. The number of aryl methyl sites for hydroxylation is 1. The lowest BCUT2D eigenvalue weighted by atomic mass is 9.92. The summed E-state index contributed by atoms with van der Waals surface area (Å²) in [5.74, 6) is 0. The lowest BCUT2D eigenvalue weighted by Gasteiger charge is -2.30. The Kier molecular flexibility index (Phi) is 8.51. The third kappa shape index (κ3) is 6.04. The number of hydrogen-bond donors (Lipinski definition) is 2. The summed E-state index contributed by atoms with van der Waals surface area (Å²) >= 11 is 0. The average Bonchev–Trinajstić information content (AvgIpc) is 2.52. The molecule has 3 nitrogen and oxygen atoms in total. The molecular formula is C17H29NO2. The van der Waals surface area contributed by atoms with Crippen molar-refractivity contribution in [3.05, 3.63) is 35.9 Å². The fourth-order valence-corrected chi connectivity index (χ4v) is 2.39. The molecule has 0 amide bonds. The quantitative estimate of drug-likeness (QED) is 0.612. The molecule has 0 aromatic heterocycles. The number of hydrogen-bond acceptors (Lipinski definition) is 3. The first kappa shape index (κ1) is 17.2. The van der Waals surface area contributed by atoms with Gasteiger partial charge in [-0.3, -0.25) is 0 Å². The van der Waals surface area contributed by atoms with Crippen LogP contribution in [-0.2, 0) is 11.2 Å². The number of likely N-dealkylation sites (N-methyl/N-ethyl adjacent to an activating group) is 1. The number of aliphatic hydroxyl groups is 1. The van der Waals surface area contributed by atoms with Crippen molar-refractivity contribution in [1.29, 1.82) is 0 Å².